The van der Waals surface area contributed by atoms with Gasteiger partial charge in [0.05, 0.1) is 28.6 Å². The van der Waals surface area contributed by atoms with Crippen LogP contribution in [0.4, 0.5) is 5.69 Å². The monoisotopic (exact) mass is 392 g/mol. The molecule has 0 bridgehead atoms. The second-order valence-corrected chi connectivity index (χ2v) is 7.52. The Balaban J connectivity index is 1.85. The van der Waals surface area contributed by atoms with Crippen molar-refractivity contribution in [3.05, 3.63) is 63.8 Å². The average Bonchev–Trinajstić information content (AvgIpc) is 2.76. The molecule has 3 aromatic rings. The van der Waals surface area contributed by atoms with E-state index in [1.165, 1.54) is 25.3 Å². The molecule has 2 aromatic carbocycles. The summed E-state index contributed by atoms with van der Waals surface area (Å²) in [5.74, 6) is 2.45. The Morgan fingerprint density at radius 3 is 2.38 bits per heavy atom. The Bertz CT molecular complexity index is 1040. The maximum Gasteiger partial charge on any atom is 0.270 e. The van der Waals surface area contributed by atoms with E-state index in [4.69, 9.17) is 14.5 Å². The summed E-state index contributed by atoms with van der Waals surface area (Å²) < 4.78 is 11.5. The normalized spacial score (nSPS) is 14.7. The van der Waals surface area contributed by atoms with Crippen molar-refractivity contribution in [2.24, 2.45) is 0 Å². The van der Waals surface area contributed by atoms with Crippen LogP contribution in [0, 0.1) is 17.0 Å². The van der Waals surface area contributed by atoms with Crippen LogP contribution in [0.3, 0.4) is 0 Å². The number of hydrogen-bond acceptors (Lipinski definition) is 5. The first-order valence-corrected chi connectivity index (χ1v) is 9.97. The van der Waals surface area contributed by atoms with E-state index in [-0.39, 0.29) is 10.6 Å². The highest BCUT2D eigenvalue weighted by Crippen LogP contribution is 2.41. The molecule has 0 N–H and O–H groups in total. The molecule has 0 unspecified atom stereocenters. The van der Waals surface area contributed by atoms with Gasteiger partial charge in [-0.2, -0.15) is 0 Å². The van der Waals surface area contributed by atoms with Gasteiger partial charge in [-0.3, -0.25) is 15.1 Å². The zero-order chi connectivity index (χ0) is 20.4. The molecule has 150 valence electrons. The predicted molar refractivity (Wildman–Crippen MR) is 112 cm³/mol. The van der Waals surface area contributed by atoms with Crippen LogP contribution in [0.25, 0.3) is 10.9 Å². The van der Waals surface area contributed by atoms with Crippen molar-refractivity contribution >= 4 is 16.6 Å². The van der Waals surface area contributed by atoms with E-state index in [1.807, 2.05) is 31.2 Å². The Hall–Kier alpha value is -3.15. The topological polar surface area (TPSA) is 74.5 Å². The number of fused-ring (bicyclic) bond motifs is 1. The lowest BCUT2D eigenvalue weighted by atomic mass is 9.84. The Labute approximate surface area is 169 Å². The first-order valence-electron chi connectivity index (χ1n) is 9.97. The molecule has 0 spiro atoms. The number of non-ortho nitro benzene ring substituents is 1. The van der Waals surface area contributed by atoms with Gasteiger partial charge < -0.3 is 9.47 Å². The number of nitrogens with zero attached hydrogens (tertiary/aromatic N) is 2. The number of aromatic nitrogens is 1. The molecule has 0 saturated heterocycles. The van der Waals surface area contributed by atoms with Crippen LogP contribution in [0.2, 0.25) is 0 Å². The lowest BCUT2D eigenvalue weighted by Gasteiger charge is -2.24. The van der Waals surface area contributed by atoms with Crippen LogP contribution in [0.15, 0.2) is 42.5 Å². The summed E-state index contributed by atoms with van der Waals surface area (Å²) >= 11 is 0. The number of ether oxygens (including phenoxy) is 2. The lowest BCUT2D eigenvalue weighted by Crippen LogP contribution is -2.09. The van der Waals surface area contributed by atoms with Crippen molar-refractivity contribution in [3.8, 4) is 17.2 Å². The molecule has 1 fully saturated rings. The van der Waals surface area contributed by atoms with E-state index in [1.54, 1.807) is 19.2 Å². The van der Waals surface area contributed by atoms with Crippen LogP contribution in [-0.2, 0) is 0 Å². The van der Waals surface area contributed by atoms with Crippen molar-refractivity contribution in [2.45, 2.75) is 44.9 Å². The summed E-state index contributed by atoms with van der Waals surface area (Å²) in [4.78, 5) is 15.8. The fourth-order valence-electron chi connectivity index (χ4n) is 4.12. The van der Waals surface area contributed by atoms with E-state index in [0.717, 1.165) is 35.4 Å². The molecule has 1 aliphatic carbocycles. The molecule has 4 rings (SSSR count). The summed E-state index contributed by atoms with van der Waals surface area (Å²) in [6, 6.07) is 12.1. The summed E-state index contributed by atoms with van der Waals surface area (Å²) in [5, 5.41) is 12.0. The second-order valence-electron chi connectivity index (χ2n) is 7.52. The molecular formula is C23H24N2O4. The number of nitro benzene ring substituents is 1. The van der Waals surface area contributed by atoms with E-state index < -0.39 is 0 Å². The maximum atomic E-state index is 11.3. The fraction of sp³-hybridized carbons (Fsp3) is 0.348. The molecule has 29 heavy (non-hydrogen) atoms. The van der Waals surface area contributed by atoms with Crippen LogP contribution in [0.5, 0.6) is 17.2 Å². The quantitative estimate of drug-likeness (QED) is 0.376. The molecule has 1 aromatic heterocycles. The Kier molecular flexibility index (Phi) is 5.34. The zero-order valence-electron chi connectivity index (χ0n) is 16.7. The molecule has 0 radical (unpaired) electrons. The highest BCUT2D eigenvalue weighted by atomic mass is 16.6. The molecule has 1 aliphatic rings. The van der Waals surface area contributed by atoms with Crippen molar-refractivity contribution in [3.63, 3.8) is 0 Å². The van der Waals surface area contributed by atoms with E-state index >= 15 is 0 Å². The SMILES string of the molecule is COc1ccc(Oc2c(C)c(C3CCCCC3)nc3ccc([N+](=O)[O-])cc23)cc1. The van der Waals surface area contributed by atoms with Crippen LogP contribution >= 0.6 is 0 Å². The molecule has 6 nitrogen and oxygen atoms in total. The van der Waals surface area contributed by atoms with E-state index in [2.05, 4.69) is 0 Å². The largest absolute Gasteiger partial charge is 0.497 e. The zero-order valence-corrected chi connectivity index (χ0v) is 16.7. The highest BCUT2D eigenvalue weighted by molar-refractivity contribution is 5.89. The van der Waals surface area contributed by atoms with Gasteiger partial charge in [-0.15, -0.1) is 0 Å². The van der Waals surface area contributed by atoms with Crippen LogP contribution < -0.4 is 9.47 Å². The lowest BCUT2D eigenvalue weighted by molar-refractivity contribution is -0.384. The number of methoxy groups -OCH3 is 1. The van der Waals surface area contributed by atoms with Gasteiger partial charge in [0.15, 0.2) is 0 Å². The Morgan fingerprint density at radius 2 is 1.72 bits per heavy atom. The first kappa shape index (κ1) is 19.2. The summed E-state index contributed by atoms with van der Waals surface area (Å²) in [6.07, 6.45) is 5.92. The molecule has 1 heterocycles. The van der Waals surface area contributed by atoms with Crippen molar-refractivity contribution in [1.29, 1.82) is 0 Å². The molecule has 6 heteroatoms. The van der Waals surface area contributed by atoms with Crippen molar-refractivity contribution < 1.29 is 14.4 Å². The average molecular weight is 392 g/mol. The minimum atomic E-state index is -0.388. The van der Waals surface area contributed by atoms with E-state index in [9.17, 15) is 10.1 Å². The maximum absolute atomic E-state index is 11.3. The Morgan fingerprint density at radius 1 is 1.03 bits per heavy atom. The second kappa shape index (κ2) is 8.07. The first-order chi connectivity index (χ1) is 14.1. The van der Waals surface area contributed by atoms with Gasteiger partial charge in [0.2, 0.25) is 0 Å². The molecule has 0 amide bonds. The number of hydrogen-bond donors (Lipinski definition) is 0. The molecule has 0 aliphatic heterocycles. The van der Waals surface area contributed by atoms with Gasteiger partial charge in [0, 0.05) is 23.6 Å². The van der Waals surface area contributed by atoms with Gasteiger partial charge in [0.25, 0.3) is 5.69 Å². The number of pyridine rings is 1. The van der Waals surface area contributed by atoms with E-state index in [0.29, 0.717) is 22.8 Å². The minimum Gasteiger partial charge on any atom is -0.497 e. The van der Waals surface area contributed by atoms with Gasteiger partial charge in [0.1, 0.15) is 17.2 Å². The van der Waals surface area contributed by atoms with Gasteiger partial charge in [-0.25, -0.2) is 0 Å². The van der Waals surface area contributed by atoms with Crippen LogP contribution in [-0.4, -0.2) is 17.0 Å². The van der Waals surface area contributed by atoms with Crippen LogP contribution in [0.1, 0.15) is 49.3 Å². The minimum absolute atomic E-state index is 0.0312. The third-order valence-electron chi connectivity index (χ3n) is 5.67. The molecular weight excluding hydrogens is 368 g/mol. The third-order valence-corrected chi connectivity index (χ3v) is 5.67. The summed E-state index contributed by atoms with van der Waals surface area (Å²) in [5.41, 5.74) is 2.77. The fourth-order valence-corrected chi connectivity index (χ4v) is 4.12. The third kappa shape index (κ3) is 3.88. The number of benzene rings is 2. The summed E-state index contributed by atoms with van der Waals surface area (Å²) in [7, 11) is 1.62. The number of rotatable bonds is 5. The standard InChI is InChI=1S/C23H24N2O4/c1-15-22(16-6-4-3-5-7-16)24-21-13-8-17(25(26)27)14-20(21)23(15)29-19-11-9-18(28-2)10-12-19/h8-14,16H,3-7H2,1-2H3. The molecule has 0 atom stereocenters. The summed E-state index contributed by atoms with van der Waals surface area (Å²) in [6.45, 7) is 2.01. The van der Waals surface area contributed by atoms with Crippen molar-refractivity contribution in [2.75, 3.05) is 7.11 Å². The predicted octanol–water partition coefficient (Wildman–Crippen LogP) is 6.30. The van der Waals surface area contributed by atoms with Crippen molar-refractivity contribution in [1.82, 2.24) is 4.98 Å². The van der Waals surface area contributed by atoms with Gasteiger partial charge in [-0.1, -0.05) is 19.3 Å². The van der Waals surface area contributed by atoms with Gasteiger partial charge in [-0.05, 0) is 50.1 Å². The smallest absolute Gasteiger partial charge is 0.270 e. The highest BCUT2D eigenvalue weighted by Gasteiger charge is 2.24. The molecule has 1 saturated carbocycles. The van der Waals surface area contributed by atoms with Gasteiger partial charge >= 0.3 is 0 Å². The number of nitro groups is 1.